The number of esters is 1. The van der Waals surface area contributed by atoms with Crippen LogP contribution in [0.3, 0.4) is 0 Å². The zero-order valence-corrected chi connectivity index (χ0v) is 10.7. The number of carbonyl (C=O) groups excluding carboxylic acids is 1. The van der Waals surface area contributed by atoms with Crippen molar-refractivity contribution in [1.29, 1.82) is 0 Å². The summed E-state index contributed by atoms with van der Waals surface area (Å²) in [4.78, 5) is 11.6. The Balaban J connectivity index is 2.23. The topological polar surface area (TPSA) is 35.5 Å². The molecule has 0 N–H and O–H groups in total. The van der Waals surface area contributed by atoms with Gasteiger partial charge in [-0.25, -0.2) is 4.79 Å². The van der Waals surface area contributed by atoms with Crippen LogP contribution in [0.25, 0.3) is 0 Å². The Morgan fingerprint density at radius 3 is 2.50 bits per heavy atom. The molecule has 1 aliphatic heterocycles. The van der Waals surface area contributed by atoms with Crippen molar-refractivity contribution in [3.63, 3.8) is 0 Å². The van der Waals surface area contributed by atoms with Crippen LogP contribution in [0.15, 0.2) is 0 Å². The molecule has 1 spiro atoms. The second-order valence-electron chi connectivity index (χ2n) is 5.73. The van der Waals surface area contributed by atoms with Gasteiger partial charge in [-0.3, -0.25) is 0 Å². The predicted molar refractivity (Wildman–Crippen MR) is 60.7 cm³/mol. The van der Waals surface area contributed by atoms with Crippen LogP contribution in [0, 0.1) is 17.8 Å². The quantitative estimate of drug-likeness (QED) is 0.645. The fourth-order valence-corrected chi connectivity index (χ4v) is 3.14. The molecule has 2 unspecified atom stereocenters. The van der Waals surface area contributed by atoms with Gasteiger partial charge in [-0.1, -0.05) is 20.8 Å². The molecule has 16 heavy (non-hydrogen) atoms. The van der Waals surface area contributed by atoms with Crippen molar-refractivity contribution in [1.82, 2.24) is 0 Å². The minimum absolute atomic E-state index is 0.195. The molecule has 4 atom stereocenters. The highest BCUT2D eigenvalue weighted by molar-refractivity contribution is 5.76. The molecule has 0 aromatic carbocycles. The normalized spacial score (nSPS) is 44.1. The van der Waals surface area contributed by atoms with E-state index in [2.05, 4.69) is 20.8 Å². The van der Waals surface area contributed by atoms with E-state index in [9.17, 15) is 4.79 Å². The molecule has 92 valence electrons. The van der Waals surface area contributed by atoms with Crippen molar-refractivity contribution in [3.05, 3.63) is 0 Å². The lowest BCUT2D eigenvalue weighted by molar-refractivity contribution is -0.235. The summed E-state index contributed by atoms with van der Waals surface area (Å²) in [5, 5.41) is 0. The van der Waals surface area contributed by atoms with E-state index in [0.29, 0.717) is 17.8 Å². The fraction of sp³-hybridized carbons (Fsp3) is 0.923. The number of hydrogen-bond acceptors (Lipinski definition) is 3. The van der Waals surface area contributed by atoms with Crippen LogP contribution in [0.4, 0.5) is 0 Å². The molecule has 2 rings (SSSR count). The third-order valence-corrected chi connectivity index (χ3v) is 3.95. The Bertz CT molecular complexity index is 287. The van der Waals surface area contributed by atoms with E-state index in [0.717, 1.165) is 12.8 Å². The van der Waals surface area contributed by atoms with E-state index in [-0.39, 0.29) is 5.97 Å². The molecule has 3 heteroatoms. The Hall–Kier alpha value is -0.570. The van der Waals surface area contributed by atoms with Gasteiger partial charge >= 0.3 is 5.97 Å². The van der Waals surface area contributed by atoms with E-state index in [1.54, 1.807) is 6.92 Å². The molecule has 1 saturated carbocycles. The van der Waals surface area contributed by atoms with Gasteiger partial charge in [0.2, 0.25) is 5.79 Å². The van der Waals surface area contributed by atoms with Gasteiger partial charge in [-0.15, -0.1) is 0 Å². The summed E-state index contributed by atoms with van der Waals surface area (Å²) in [5.74, 6) is 0.596. The molecule has 0 aromatic rings. The van der Waals surface area contributed by atoms with Crippen LogP contribution < -0.4 is 0 Å². The van der Waals surface area contributed by atoms with Crippen molar-refractivity contribution in [2.45, 2.75) is 58.8 Å². The monoisotopic (exact) mass is 226 g/mol. The molecule has 2 fully saturated rings. The van der Waals surface area contributed by atoms with E-state index in [4.69, 9.17) is 9.47 Å². The molecule has 2 aliphatic rings. The van der Waals surface area contributed by atoms with Crippen LogP contribution in [0.5, 0.6) is 0 Å². The van der Waals surface area contributed by atoms with Gasteiger partial charge in [-0.05, 0) is 31.6 Å². The summed E-state index contributed by atoms with van der Waals surface area (Å²) in [6, 6.07) is 0. The van der Waals surface area contributed by atoms with Crippen molar-refractivity contribution in [2.75, 3.05) is 0 Å². The first kappa shape index (κ1) is 11.9. The Labute approximate surface area is 97.5 Å². The molecule has 1 heterocycles. The molecule has 3 nitrogen and oxygen atoms in total. The molecule has 1 saturated heterocycles. The number of ether oxygens (including phenoxy) is 2. The summed E-state index contributed by atoms with van der Waals surface area (Å²) < 4.78 is 11.5. The highest BCUT2D eigenvalue weighted by Gasteiger charge is 2.54. The van der Waals surface area contributed by atoms with Gasteiger partial charge in [0.15, 0.2) is 6.10 Å². The van der Waals surface area contributed by atoms with Crippen LogP contribution >= 0.6 is 0 Å². The Morgan fingerprint density at radius 1 is 1.31 bits per heavy atom. The number of hydrogen-bond donors (Lipinski definition) is 0. The van der Waals surface area contributed by atoms with Gasteiger partial charge in [0.25, 0.3) is 0 Å². The van der Waals surface area contributed by atoms with Crippen LogP contribution in [0.1, 0.15) is 47.0 Å². The average molecular weight is 226 g/mol. The van der Waals surface area contributed by atoms with E-state index < -0.39 is 11.9 Å². The van der Waals surface area contributed by atoms with Gasteiger partial charge in [0.05, 0.1) is 0 Å². The molecule has 0 aromatic heterocycles. The maximum Gasteiger partial charge on any atom is 0.337 e. The zero-order valence-electron chi connectivity index (χ0n) is 10.7. The van der Waals surface area contributed by atoms with Gasteiger partial charge in [0, 0.05) is 12.3 Å². The van der Waals surface area contributed by atoms with E-state index in [1.165, 1.54) is 6.42 Å². The van der Waals surface area contributed by atoms with Crippen LogP contribution in [-0.2, 0) is 14.3 Å². The summed E-state index contributed by atoms with van der Waals surface area (Å²) in [6.07, 6.45) is 2.76. The second kappa shape index (κ2) is 4.02. The van der Waals surface area contributed by atoms with Crippen LogP contribution in [-0.4, -0.2) is 17.9 Å². The first-order valence-corrected chi connectivity index (χ1v) is 6.35. The molecular formula is C13H22O3. The second-order valence-corrected chi connectivity index (χ2v) is 5.73. The van der Waals surface area contributed by atoms with Gasteiger partial charge < -0.3 is 9.47 Å². The average Bonchev–Trinajstić information content (AvgIpc) is 2.41. The summed E-state index contributed by atoms with van der Waals surface area (Å²) >= 11 is 0. The van der Waals surface area contributed by atoms with E-state index >= 15 is 0 Å². The maximum absolute atomic E-state index is 11.6. The van der Waals surface area contributed by atoms with Crippen molar-refractivity contribution in [2.24, 2.45) is 17.8 Å². The van der Waals surface area contributed by atoms with Gasteiger partial charge in [-0.2, -0.15) is 0 Å². The van der Waals surface area contributed by atoms with Gasteiger partial charge in [0.1, 0.15) is 0 Å². The largest absolute Gasteiger partial charge is 0.431 e. The van der Waals surface area contributed by atoms with Crippen LogP contribution in [0.2, 0.25) is 0 Å². The minimum Gasteiger partial charge on any atom is -0.431 e. The Kier molecular flexibility index (Phi) is 2.99. The van der Waals surface area contributed by atoms with Crippen molar-refractivity contribution < 1.29 is 14.3 Å². The predicted octanol–water partition coefficient (Wildman–Crippen LogP) is 2.74. The third-order valence-electron chi connectivity index (χ3n) is 3.95. The summed E-state index contributed by atoms with van der Waals surface area (Å²) in [6.45, 7) is 8.36. The minimum atomic E-state index is -0.623. The molecule has 0 bridgehead atoms. The molecule has 0 radical (unpaired) electrons. The first-order chi connectivity index (χ1) is 7.44. The highest BCUT2D eigenvalue weighted by atomic mass is 16.8. The van der Waals surface area contributed by atoms with Crippen molar-refractivity contribution in [3.8, 4) is 0 Å². The third kappa shape index (κ3) is 1.86. The SMILES string of the molecule is CC(C)C1CC[C@@H](C)CC12OC(=O)[C@H](C)O2. The summed E-state index contributed by atoms with van der Waals surface area (Å²) in [5.41, 5.74) is 0. The molecular weight excluding hydrogens is 204 g/mol. The molecule has 1 aliphatic carbocycles. The highest BCUT2D eigenvalue weighted by Crippen LogP contribution is 2.47. The number of rotatable bonds is 1. The smallest absolute Gasteiger partial charge is 0.337 e. The standard InChI is InChI=1S/C13H22O3/c1-8(2)11-6-5-9(3)7-13(11)15-10(4)12(14)16-13/h8-11H,5-7H2,1-4H3/t9-,10+,11?,13?/m1/s1. The maximum atomic E-state index is 11.6. The lowest BCUT2D eigenvalue weighted by Gasteiger charge is -2.43. The number of carbonyl (C=O) groups is 1. The van der Waals surface area contributed by atoms with Crippen molar-refractivity contribution >= 4 is 5.97 Å². The zero-order chi connectivity index (χ0) is 11.9. The fourth-order valence-electron chi connectivity index (χ4n) is 3.14. The first-order valence-electron chi connectivity index (χ1n) is 6.35. The Morgan fingerprint density at radius 2 is 2.00 bits per heavy atom. The lowest BCUT2D eigenvalue weighted by atomic mass is 9.73. The lowest BCUT2D eigenvalue weighted by Crippen LogP contribution is -2.46. The molecule has 0 amide bonds. The van der Waals surface area contributed by atoms with E-state index in [1.807, 2.05) is 0 Å². The summed E-state index contributed by atoms with van der Waals surface area (Å²) in [7, 11) is 0.